The molecule has 1 aliphatic heterocycles. The third-order valence-electron chi connectivity index (χ3n) is 4.52. The van der Waals surface area contributed by atoms with Crippen LogP contribution in [0.15, 0.2) is 24.3 Å². The highest BCUT2D eigenvalue weighted by Crippen LogP contribution is 2.37. The minimum absolute atomic E-state index is 0.0934. The van der Waals surface area contributed by atoms with Crippen molar-refractivity contribution in [2.75, 3.05) is 26.2 Å². The number of aliphatic carboxylic acids is 1. The third kappa shape index (κ3) is 5.27. The average molecular weight is 388 g/mol. The summed E-state index contributed by atoms with van der Waals surface area (Å²) in [4.78, 5) is 24.0. The predicted molar refractivity (Wildman–Crippen MR) is 91.7 cm³/mol. The van der Waals surface area contributed by atoms with Gasteiger partial charge in [-0.05, 0) is 17.5 Å². The Balaban J connectivity index is 1.85. The second-order valence-electron chi connectivity index (χ2n) is 6.77. The number of carbonyl (C=O) groups excluding carboxylic acids is 1. The molecule has 9 heteroatoms. The monoisotopic (exact) mass is 388 g/mol. The number of nitrogens with zero attached hydrogens (tertiary/aromatic N) is 1. The van der Waals surface area contributed by atoms with Crippen LogP contribution >= 0.6 is 0 Å². The van der Waals surface area contributed by atoms with E-state index in [2.05, 4.69) is 5.32 Å². The number of ether oxygens (including phenoxy) is 1. The molecule has 1 aromatic carbocycles. The van der Waals surface area contributed by atoms with Crippen LogP contribution in [0.1, 0.15) is 25.3 Å². The number of halogens is 3. The van der Waals surface area contributed by atoms with Gasteiger partial charge in [0.2, 0.25) is 0 Å². The Kier molecular flexibility index (Phi) is 6.56. The van der Waals surface area contributed by atoms with Gasteiger partial charge in [-0.2, -0.15) is 13.2 Å². The van der Waals surface area contributed by atoms with Crippen molar-refractivity contribution >= 4 is 12.0 Å². The van der Waals surface area contributed by atoms with Crippen molar-refractivity contribution in [3.63, 3.8) is 0 Å². The quantitative estimate of drug-likeness (QED) is 0.734. The Labute approximate surface area is 155 Å². The number of amides is 2. The first-order valence-electron chi connectivity index (χ1n) is 8.65. The molecular weight excluding hydrogens is 365 g/mol. The zero-order valence-corrected chi connectivity index (χ0v) is 15.1. The molecule has 2 rings (SSSR count). The average Bonchev–Trinajstić information content (AvgIpc) is 3.05. The summed E-state index contributed by atoms with van der Waals surface area (Å²) in [6.45, 7) is 3.15. The standard InChI is InChI=1S/C18H23F3N2O4/c1-11(2)12-5-3-4-6-15(12)27-8-7-22-17(26)23-9-13(16(24)25)14(10-23)18(19,20)21/h3-6,11,13-14H,7-10H2,1-2H3,(H,22,26)(H,24,25)/t13-,14-/m1/s1. The van der Waals surface area contributed by atoms with Crippen LogP contribution in [0, 0.1) is 11.8 Å². The molecule has 0 radical (unpaired) electrons. The molecule has 1 heterocycles. The normalized spacial score (nSPS) is 20.0. The van der Waals surface area contributed by atoms with E-state index in [1.54, 1.807) is 0 Å². The summed E-state index contributed by atoms with van der Waals surface area (Å²) in [6.07, 6.45) is -4.66. The molecule has 0 spiro atoms. The number of urea groups is 1. The second kappa shape index (κ2) is 8.49. The van der Waals surface area contributed by atoms with Crippen LogP contribution in [0.25, 0.3) is 0 Å². The molecule has 0 aromatic heterocycles. The van der Waals surface area contributed by atoms with Gasteiger partial charge in [-0.25, -0.2) is 4.79 Å². The van der Waals surface area contributed by atoms with Gasteiger partial charge in [0.05, 0.1) is 18.4 Å². The summed E-state index contributed by atoms with van der Waals surface area (Å²) >= 11 is 0. The van der Waals surface area contributed by atoms with Gasteiger partial charge in [0.1, 0.15) is 12.4 Å². The van der Waals surface area contributed by atoms with Crippen LogP contribution in [-0.4, -0.2) is 54.4 Å². The van der Waals surface area contributed by atoms with E-state index in [0.717, 1.165) is 10.5 Å². The Morgan fingerprint density at radius 3 is 2.52 bits per heavy atom. The lowest BCUT2D eigenvalue weighted by molar-refractivity contribution is -0.187. The van der Waals surface area contributed by atoms with E-state index in [0.29, 0.717) is 5.75 Å². The SMILES string of the molecule is CC(C)c1ccccc1OCCNC(=O)N1C[C@@H](C(F)(F)F)[C@H](C(=O)O)C1. The lowest BCUT2D eigenvalue weighted by Gasteiger charge is -2.19. The van der Waals surface area contributed by atoms with E-state index in [4.69, 9.17) is 9.84 Å². The topological polar surface area (TPSA) is 78.9 Å². The van der Waals surface area contributed by atoms with E-state index < -0.39 is 43.1 Å². The van der Waals surface area contributed by atoms with Crippen molar-refractivity contribution in [2.24, 2.45) is 11.8 Å². The third-order valence-corrected chi connectivity index (χ3v) is 4.52. The zero-order chi connectivity index (χ0) is 20.2. The molecule has 2 N–H and O–H groups in total. The molecule has 6 nitrogen and oxygen atoms in total. The van der Waals surface area contributed by atoms with E-state index in [1.807, 2.05) is 38.1 Å². The van der Waals surface area contributed by atoms with Gasteiger partial charge in [0, 0.05) is 13.1 Å². The van der Waals surface area contributed by atoms with Crippen LogP contribution in [0.2, 0.25) is 0 Å². The summed E-state index contributed by atoms with van der Waals surface area (Å²) in [5, 5.41) is 11.5. The fourth-order valence-corrected chi connectivity index (χ4v) is 3.07. The minimum Gasteiger partial charge on any atom is -0.491 e. The summed E-state index contributed by atoms with van der Waals surface area (Å²) in [5.41, 5.74) is 1.01. The number of carboxylic acids is 1. The molecule has 1 saturated heterocycles. The van der Waals surface area contributed by atoms with Crippen LogP contribution in [0.5, 0.6) is 5.75 Å². The number of alkyl halides is 3. The first-order chi connectivity index (χ1) is 12.6. The van der Waals surface area contributed by atoms with Crippen LogP contribution in [0.3, 0.4) is 0 Å². The molecule has 1 aliphatic rings. The minimum atomic E-state index is -4.66. The molecule has 0 unspecified atom stereocenters. The van der Waals surface area contributed by atoms with Gasteiger partial charge in [-0.1, -0.05) is 32.0 Å². The van der Waals surface area contributed by atoms with Gasteiger partial charge in [-0.15, -0.1) is 0 Å². The molecule has 2 atom stereocenters. The van der Waals surface area contributed by atoms with E-state index in [9.17, 15) is 22.8 Å². The van der Waals surface area contributed by atoms with Crippen LogP contribution in [-0.2, 0) is 4.79 Å². The maximum absolute atomic E-state index is 13.0. The van der Waals surface area contributed by atoms with Crippen molar-refractivity contribution < 1.29 is 32.6 Å². The van der Waals surface area contributed by atoms with Gasteiger partial charge in [-0.3, -0.25) is 4.79 Å². The fraction of sp³-hybridized carbons (Fsp3) is 0.556. The molecule has 150 valence electrons. The maximum Gasteiger partial charge on any atom is 0.394 e. The smallest absolute Gasteiger partial charge is 0.394 e. The number of hydrogen-bond donors (Lipinski definition) is 2. The van der Waals surface area contributed by atoms with Crippen molar-refractivity contribution in [3.8, 4) is 5.75 Å². The highest BCUT2D eigenvalue weighted by molar-refractivity contribution is 5.77. The zero-order valence-electron chi connectivity index (χ0n) is 15.1. The first kappa shape index (κ1) is 20.9. The van der Waals surface area contributed by atoms with E-state index in [1.165, 1.54) is 0 Å². The molecule has 1 aromatic rings. The number of rotatable bonds is 6. The Hall–Kier alpha value is -2.45. The summed E-state index contributed by atoms with van der Waals surface area (Å²) in [5.74, 6) is -4.32. The van der Waals surface area contributed by atoms with Gasteiger partial charge in [0.15, 0.2) is 0 Å². The number of carbonyl (C=O) groups is 2. The highest BCUT2D eigenvalue weighted by atomic mass is 19.4. The van der Waals surface area contributed by atoms with Crippen LogP contribution in [0.4, 0.5) is 18.0 Å². The number of likely N-dealkylation sites (tertiary alicyclic amines) is 1. The Bertz CT molecular complexity index is 679. The van der Waals surface area contributed by atoms with Crippen molar-refractivity contribution in [1.82, 2.24) is 10.2 Å². The lowest BCUT2D eigenvalue weighted by Crippen LogP contribution is -2.41. The first-order valence-corrected chi connectivity index (χ1v) is 8.65. The predicted octanol–water partition coefficient (Wildman–Crippen LogP) is 3.09. The molecule has 0 aliphatic carbocycles. The molecule has 0 saturated carbocycles. The Morgan fingerprint density at radius 2 is 1.96 bits per heavy atom. The Morgan fingerprint density at radius 1 is 1.30 bits per heavy atom. The number of hydrogen-bond acceptors (Lipinski definition) is 3. The summed E-state index contributed by atoms with van der Waals surface area (Å²) in [7, 11) is 0. The molecule has 27 heavy (non-hydrogen) atoms. The number of carboxylic acid groups (broad SMARTS) is 1. The number of benzene rings is 1. The number of para-hydroxylation sites is 1. The van der Waals surface area contributed by atoms with Crippen molar-refractivity contribution in [2.45, 2.75) is 25.9 Å². The van der Waals surface area contributed by atoms with Crippen LogP contribution < -0.4 is 10.1 Å². The fourth-order valence-electron chi connectivity index (χ4n) is 3.07. The highest BCUT2D eigenvalue weighted by Gasteiger charge is 2.53. The van der Waals surface area contributed by atoms with E-state index in [-0.39, 0.29) is 19.1 Å². The molecule has 2 amide bonds. The maximum atomic E-state index is 13.0. The summed E-state index contributed by atoms with van der Waals surface area (Å²) in [6, 6.07) is 6.74. The lowest BCUT2D eigenvalue weighted by atomic mass is 9.96. The molecule has 1 fully saturated rings. The summed E-state index contributed by atoms with van der Waals surface area (Å²) < 4.78 is 44.5. The van der Waals surface area contributed by atoms with Crippen molar-refractivity contribution in [1.29, 1.82) is 0 Å². The molecule has 0 bridgehead atoms. The largest absolute Gasteiger partial charge is 0.491 e. The van der Waals surface area contributed by atoms with Gasteiger partial charge >= 0.3 is 18.2 Å². The molecular formula is C18H23F3N2O4. The number of nitrogens with one attached hydrogen (secondary N) is 1. The van der Waals surface area contributed by atoms with Gasteiger partial charge in [0.25, 0.3) is 0 Å². The van der Waals surface area contributed by atoms with Gasteiger partial charge < -0.3 is 20.1 Å². The van der Waals surface area contributed by atoms with E-state index >= 15 is 0 Å². The second-order valence-corrected chi connectivity index (χ2v) is 6.77. The van der Waals surface area contributed by atoms with Crippen molar-refractivity contribution in [3.05, 3.63) is 29.8 Å².